The minimum atomic E-state index is -0.807. The molecule has 2 rings (SSSR count). The summed E-state index contributed by atoms with van der Waals surface area (Å²) in [6.45, 7) is 1.55. The molecule has 1 unspecified atom stereocenters. The van der Waals surface area contributed by atoms with E-state index in [2.05, 4.69) is 0 Å². The molecule has 0 spiro atoms. The zero-order valence-electron chi connectivity index (χ0n) is 8.95. The van der Waals surface area contributed by atoms with Crippen LogP contribution in [0, 0.1) is 5.82 Å². The topological polar surface area (TPSA) is 20.3 Å². The van der Waals surface area contributed by atoms with E-state index in [1.807, 2.05) is 4.90 Å². The van der Waals surface area contributed by atoms with E-state index in [1.54, 1.807) is 18.4 Å². The fraction of sp³-hybridized carbons (Fsp3) is 0.455. The van der Waals surface area contributed by atoms with Crippen LogP contribution in [0.2, 0.25) is 5.02 Å². The van der Waals surface area contributed by atoms with E-state index >= 15 is 0 Å². The van der Waals surface area contributed by atoms with Gasteiger partial charge < -0.3 is 4.90 Å². The van der Waals surface area contributed by atoms with Crippen LogP contribution >= 0.6 is 11.6 Å². The molecule has 1 aliphatic heterocycles. The first-order chi connectivity index (χ1) is 7.58. The summed E-state index contributed by atoms with van der Waals surface area (Å²) in [5, 5.41) is 0.331. The maximum absolute atomic E-state index is 13.3. The van der Waals surface area contributed by atoms with Crippen molar-refractivity contribution in [3.63, 3.8) is 0 Å². The van der Waals surface area contributed by atoms with E-state index in [-0.39, 0.29) is 10.3 Å². The van der Waals surface area contributed by atoms with Crippen LogP contribution in [0.3, 0.4) is 0 Å². The summed E-state index contributed by atoms with van der Waals surface area (Å²) < 4.78 is 24.6. The maximum atomic E-state index is 13.3. The number of nitrogens with zero attached hydrogens (tertiary/aromatic N) is 1. The highest BCUT2D eigenvalue weighted by atomic mass is 35.5. The van der Waals surface area contributed by atoms with Crippen LogP contribution in [0.5, 0.6) is 0 Å². The normalized spacial score (nSPS) is 22.4. The molecule has 2 atom stereocenters. The summed E-state index contributed by atoms with van der Waals surface area (Å²) in [5.41, 5.74) is 0.815. The Balaban J connectivity index is 2.14. The van der Waals surface area contributed by atoms with Crippen molar-refractivity contribution in [1.82, 2.24) is 0 Å². The smallest absolute Gasteiger partial charge is 0.143 e. The van der Waals surface area contributed by atoms with Crippen molar-refractivity contribution in [2.24, 2.45) is 0 Å². The molecule has 5 heteroatoms. The third-order valence-electron chi connectivity index (χ3n) is 2.88. The summed E-state index contributed by atoms with van der Waals surface area (Å²) in [6.07, 6.45) is 2.62. The standard InChI is InChI=1S/C11H13ClFNOS/c1-16(15)9-4-5-14(7-9)8-2-3-10(12)11(13)6-8/h2-3,6,9H,4-5,7H2,1H3/t9-,16?/m0/s1. The highest BCUT2D eigenvalue weighted by molar-refractivity contribution is 7.84. The predicted molar refractivity (Wildman–Crippen MR) is 66.1 cm³/mol. The molecule has 0 aliphatic carbocycles. The van der Waals surface area contributed by atoms with E-state index in [1.165, 1.54) is 6.07 Å². The maximum Gasteiger partial charge on any atom is 0.143 e. The van der Waals surface area contributed by atoms with Crippen LogP contribution in [-0.2, 0) is 10.8 Å². The molecule has 0 bridgehead atoms. The third-order valence-corrected chi connectivity index (χ3v) is 4.51. The van der Waals surface area contributed by atoms with Crippen molar-refractivity contribution in [3.8, 4) is 0 Å². The molecule has 1 aromatic rings. The highest BCUT2D eigenvalue weighted by Crippen LogP contribution is 2.26. The Morgan fingerprint density at radius 1 is 1.56 bits per heavy atom. The minimum Gasteiger partial charge on any atom is -0.370 e. The fourth-order valence-electron chi connectivity index (χ4n) is 1.92. The molecular weight excluding hydrogens is 249 g/mol. The van der Waals surface area contributed by atoms with Gasteiger partial charge in [0.1, 0.15) is 5.82 Å². The van der Waals surface area contributed by atoms with Gasteiger partial charge in [0.2, 0.25) is 0 Å². The molecule has 0 amide bonds. The second-order valence-corrected chi connectivity index (χ2v) is 6.02. The summed E-state index contributed by atoms with van der Waals surface area (Å²) in [7, 11) is -0.807. The van der Waals surface area contributed by atoms with Gasteiger partial charge in [-0.05, 0) is 24.6 Å². The molecule has 0 radical (unpaired) electrons. The second-order valence-electron chi connectivity index (χ2n) is 3.95. The Kier molecular flexibility index (Phi) is 3.50. The summed E-state index contributed by atoms with van der Waals surface area (Å²) >= 11 is 5.62. The molecule has 1 heterocycles. The van der Waals surface area contributed by atoms with Gasteiger partial charge in [-0.25, -0.2) is 4.39 Å². The molecule has 1 fully saturated rings. The lowest BCUT2D eigenvalue weighted by Gasteiger charge is -2.18. The summed E-state index contributed by atoms with van der Waals surface area (Å²) in [6, 6.07) is 4.79. The molecule has 0 aromatic heterocycles. The van der Waals surface area contributed by atoms with Crippen molar-refractivity contribution < 1.29 is 8.60 Å². The molecule has 1 saturated heterocycles. The highest BCUT2D eigenvalue weighted by Gasteiger charge is 2.25. The van der Waals surface area contributed by atoms with Gasteiger partial charge >= 0.3 is 0 Å². The van der Waals surface area contributed by atoms with Crippen molar-refractivity contribution in [2.45, 2.75) is 11.7 Å². The molecule has 1 aromatic carbocycles. The SMILES string of the molecule is CS(=O)[C@H]1CCN(c2ccc(Cl)c(F)c2)C1. The van der Waals surface area contributed by atoms with Crippen molar-refractivity contribution >= 4 is 28.1 Å². The monoisotopic (exact) mass is 261 g/mol. The van der Waals surface area contributed by atoms with Crippen molar-refractivity contribution in [2.75, 3.05) is 24.2 Å². The molecule has 0 N–H and O–H groups in total. The van der Waals surface area contributed by atoms with Gasteiger partial charge in [0.25, 0.3) is 0 Å². The molecule has 0 saturated carbocycles. The van der Waals surface area contributed by atoms with Crippen LogP contribution in [0.1, 0.15) is 6.42 Å². The Morgan fingerprint density at radius 2 is 2.31 bits per heavy atom. The fourth-order valence-corrected chi connectivity index (χ4v) is 2.86. The average molecular weight is 262 g/mol. The summed E-state index contributed by atoms with van der Waals surface area (Å²) in [5.74, 6) is -0.403. The second kappa shape index (κ2) is 4.72. The van der Waals surface area contributed by atoms with Gasteiger partial charge in [-0.2, -0.15) is 0 Å². The third kappa shape index (κ3) is 2.38. The van der Waals surface area contributed by atoms with Crippen LogP contribution in [0.15, 0.2) is 18.2 Å². The number of hydrogen-bond acceptors (Lipinski definition) is 2. The first-order valence-electron chi connectivity index (χ1n) is 5.10. The molecule has 2 nitrogen and oxygen atoms in total. The van der Waals surface area contributed by atoms with E-state index in [0.29, 0.717) is 0 Å². The van der Waals surface area contributed by atoms with Gasteiger partial charge in [0.05, 0.1) is 10.3 Å². The Morgan fingerprint density at radius 3 is 2.88 bits per heavy atom. The predicted octanol–water partition coefficient (Wildman–Crippen LogP) is 2.44. The molecular formula is C11H13ClFNOS. The van der Waals surface area contributed by atoms with Crippen LogP contribution < -0.4 is 4.90 Å². The lowest BCUT2D eigenvalue weighted by Crippen LogP contribution is -2.23. The average Bonchev–Trinajstić information content (AvgIpc) is 2.71. The largest absolute Gasteiger partial charge is 0.370 e. The van der Waals surface area contributed by atoms with Gasteiger partial charge in [-0.3, -0.25) is 4.21 Å². The van der Waals surface area contributed by atoms with Gasteiger partial charge in [-0.15, -0.1) is 0 Å². The van der Waals surface area contributed by atoms with Crippen molar-refractivity contribution in [3.05, 3.63) is 29.0 Å². The van der Waals surface area contributed by atoms with Crippen molar-refractivity contribution in [1.29, 1.82) is 0 Å². The van der Waals surface area contributed by atoms with E-state index < -0.39 is 16.6 Å². The number of benzene rings is 1. The Labute approximate surface area is 102 Å². The van der Waals surface area contributed by atoms with E-state index in [0.717, 1.165) is 25.2 Å². The number of anilines is 1. The first kappa shape index (κ1) is 11.9. The number of rotatable bonds is 2. The van der Waals surface area contributed by atoms with Crippen LogP contribution in [0.4, 0.5) is 10.1 Å². The van der Waals surface area contributed by atoms with Gasteiger partial charge in [0, 0.05) is 35.8 Å². The summed E-state index contributed by atoms with van der Waals surface area (Å²) in [4.78, 5) is 2.05. The lowest BCUT2D eigenvalue weighted by atomic mass is 10.3. The Bertz CT molecular complexity index is 426. The lowest BCUT2D eigenvalue weighted by molar-refractivity contribution is 0.627. The van der Waals surface area contributed by atoms with E-state index in [9.17, 15) is 8.60 Å². The number of halogens is 2. The van der Waals surface area contributed by atoms with Gasteiger partial charge in [-0.1, -0.05) is 11.6 Å². The van der Waals surface area contributed by atoms with E-state index in [4.69, 9.17) is 11.6 Å². The zero-order valence-corrected chi connectivity index (χ0v) is 10.5. The van der Waals surface area contributed by atoms with Crippen LogP contribution in [0.25, 0.3) is 0 Å². The Hall–Kier alpha value is -0.610. The zero-order chi connectivity index (χ0) is 11.7. The van der Waals surface area contributed by atoms with Gasteiger partial charge in [0.15, 0.2) is 0 Å². The first-order valence-corrected chi connectivity index (χ1v) is 7.10. The minimum absolute atomic E-state index is 0.138. The quantitative estimate of drug-likeness (QED) is 0.815. The molecule has 1 aliphatic rings. The molecule has 16 heavy (non-hydrogen) atoms. The van der Waals surface area contributed by atoms with Crippen LogP contribution in [-0.4, -0.2) is 28.8 Å². The molecule has 88 valence electrons. The number of hydrogen-bond donors (Lipinski definition) is 0.